The highest BCUT2D eigenvalue weighted by Gasteiger charge is 2.06. The van der Waals surface area contributed by atoms with Gasteiger partial charge in [-0.15, -0.1) is 0 Å². The van der Waals surface area contributed by atoms with Gasteiger partial charge in [0.2, 0.25) is 0 Å². The number of hydrogen-bond donors (Lipinski definition) is 0. The van der Waals surface area contributed by atoms with Crippen LogP contribution in [0.4, 0.5) is 0 Å². The Hall–Kier alpha value is -2.35. The molecule has 3 aromatic heterocycles. The second kappa shape index (κ2) is 3.08. The van der Waals surface area contributed by atoms with E-state index in [9.17, 15) is 0 Å². The van der Waals surface area contributed by atoms with Crippen molar-refractivity contribution in [2.75, 3.05) is 0 Å². The van der Waals surface area contributed by atoms with Gasteiger partial charge in [0.15, 0.2) is 0 Å². The van der Waals surface area contributed by atoms with Crippen molar-refractivity contribution in [2.45, 2.75) is 0 Å². The fraction of sp³-hybridized carbons (Fsp3) is 0. The van der Waals surface area contributed by atoms with E-state index in [4.69, 9.17) is 0 Å². The fourth-order valence-corrected chi connectivity index (χ4v) is 2.46. The molecule has 80 valence electrons. The van der Waals surface area contributed by atoms with Gasteiger partial charge in [0.1, 0.15) is 0 Å². The molecule has 4 aromatic rings. The van der Waals surface area contributed by atoms with Crippen molar-refractivity contribution in [3.05, 3.63) is 61.1 Å². The maximum Gasteiger partial charge on any atom is 0.0795 e. The molecule has 0 atom stereocenters. The number of benzene rings is 1. The summed E-state index contributed by atoms with van der Waals surface area (Å²) in [6.45, 7) is 0. The van der Waals surface area contributed by atoms with Crippen LogP contribution in [0.5, 0.6) is 0 Å². The predicted octanol–water partition coefficient (Wildman–Crippen LogP) is 3.64. The van der Waals surface area contributed by atoms with E-state index in [1.807, 2.05) is 18.3 Å². The smallest absolute Gasteiger partial charge is 0.0795 e. The van der Waals surface area contributed by atoms with Crippen molar-refractivity contribution in [1.29, 1.82) is 0 Å². The fourth-order valence-electron chi connectivity index (χ4n) is 2.46. The Kier molecular flexibility index (Phi) is 1.59. The second-order valence-electron chi connectivity index (χ2n) is 4.22. The third-order valence-corrected chi connectivity index (χ3v) is 3.25. The lowest BCUT2D eigenvalue weighted by atomic mass is 10.1. The summed E-state index contributed by atoms with van der Waals surface area (Å²) in [7, 11) is 0. The van der Waals surface area contributed by atoms with E-state index in [2.05, 4.69) is 52.1 Å². The quantitative estimate of drug-likeness (QED) is 0.440. The summed E-state index contributed by atoms with van der Waals surface area (Å²) in [5, 5.41) is 3.67. The molecule has 0 aliphatic heterocycles. The van der Waals surface area contributed by atoms with Crippen molar-refractivity contribution in [3.63, 3.8) is 0 Å². The Morgan fingerprint density at radius 2 is 1.88 bits per heavy atom. The monoisotopic (exact) mass is 218 g/mol. The van der Waals surface area contributed by atoms with E-state index in [-0.39, 0.29) is 0 Å². The predicted molar refractivity (Wildman–Crippen MR) is 70.2 cm³/mol. The van der Waals surface area contributed by atoms with Gasteiger partial charge in [0, 0.05) is 34.7 Å². The molecular weight excluding hydrogens is 208 g/mol. The standard InChI is InChI=1S/C15H10N2/c1-2-9-17-10-13-12(14(17)5-1)7-6-11-4-3-8-16-15(11)13/h1-10H. The first kappa shape index (κ1) is 8.76. The molecule has 1 aromatic carbocycles. The molecule has 0 radical (unpaired) electrons. The number of nitrogens with zero attached hydrogens (tertiary/aromatic N) is 2. The van der Waals surface area contributed by atoms with Gasteiger partial charge in [0.25, 0.3) is 0 Å². The molecule has 0 saturated carbocycles. The molecule has 0 aliphatic rings. The van der Waals surface area contributed by atoms with Crippen molar-refractivity contribution < 1.29 is 0 Å². The average molecular weight is 218 g/mol. The Morgan fingerprint density at radius 3 is 2.88 bits per heavy atom. The molecule has 0 spiro atoms. The minimum Gasteiger partial charge on any atom is -0.323 e. The number of hydrogen-bond acceptors (Lipinski definition) is 1. The van der Waals surface area contributed by atoms with Crippen LogP contribution in [0.2, 0.25) is 0 Å². The normalized spacial score (nSPS) is 11.5. The first-order valence-electron chi connectivity index (χ1n) is 5.67. The Balaban J connectivity index is 2.34. The molecule has 0 bridgehead atoms. The third kappa shape index (κ3) is 1.12. The van der Waals surface area contributed by atoms with Crippen LogP contribution in [0, 0.1) is 0 Å². The van der Waals surface area contributed by atoms with Crippen LogP contribution >= 0.6 is 0 Å². The summed E-state index contributed by atoms with van der Waals surface area (Å²) in [6, 6.07) is 14.6. The van der Waals surface area contributed by atoms with E-state index in [1.165, 1.54) is 21.7 Å². The van der Waals surface area contributed by atoms with Gasteiger partial charge in [-0.25, -0.2) is 0 Å². The van der Waals surface area contributed by atoms with Crippen LogP contribution in [-0.4, -0.2) is 9.38 Å². The lowest BCUT2D eigenvalue weighted by Gasteiger charge is -1.97. The van der Waals surface area contributed by atoms with Crippen LogP contribution in [0.15, 0.2) is 61.1 Å². The van der Waals surface area contributed by atoms with Crippen LogP contribution < -0.4 is 0 Å². The number of fused-ring (bicyclic) bond motifs is 5. The maximum atomic E-state index is 4.49. The number of pyridine rings is 2. The zero-order valence-corrected chi connectivity index (χ0v) is 9.17. The number of aromatic nitrogens is 2. The minimum absolute atomic E-state index is 1.08. The lowest BCUT2D eigenvalue weighted by Crippen LogP contribution is -1.77. The van der Waals surface area contributed by atoms with E-state index in [0.29, 0.717) is 0 Å². The van der Waals surface area contributed by atoms with Crippen molar-refractivity contribution in [1.82, 2.24) is 9.38 Å². The molecule has 0 unspecified atom stereocenters. The largest absolute Gasteiger partial charge is 0.323 e. The summed E-state index contributed by atoms with van der Waals surface area (Å²) >= 11 is 0. The molecule has 17 heavy (non-hydrogen) atoms. The first-order valence-corrected chi connectivity index (χ1v) is 5.67. The molecule has 0 N–H and O–H groups in total. The molecule has 3 heterocycles. The SMILES string of the molecule is c1cnc2c(c1)ccc1c2cn2ccccc12. The summed E-state index contributed by atoms with van der Waals surface area (Å²) in [4.78, 5) is 4.49. The van der Waals surface area contributed by atoms with Gasteiger partial charge >= 0.3 is 0 Å². The Morgan fingerprint density at radius 1 is 0.882 bits per heavy atom. The topological polar surface area (TPSA) is 17.3 Å². The van der Waals surface area contributed by atoms with Crippen LogP contribution in [0.25, 0.3) is 27.2 Å². The molecule has 4 rings (SSSR count). The van der Waals surface area contributed by atoms with E-state index in [0.717, 1.165) is 5.52 Å². The number of rotatable bonds is 0. The minimum atomic E-state index is 1.08. The van der Waals surface area contributed by atoms with Crippen molar-refractivity contribution >= 4 is 27.2 Å². The van der Waals surface area contributed by atoms with Crippen molar-refractivity contribution in [2.24, 2.45) is 0 Å². The first-order chi connectivity index (χ1) is 8.43. The lowest BCUT2D eigenvalue weighted by molar-refractivity contribution is 1.21. The Bertz CT molecular complexity index is 843. The molecule has 0 fully saturated rings. The summed E-state index contributed by atoms with van der Waals surface area (Å²) in [5.41, 5.74) is 2.31. The highest BCUT2D eigenvalue weighted by atomic mass is 14.9. The highest BCUT2D eigenvalue weighted by Crippen LogP contribution is 2.27. The molecule has 2 nitrogen and oxygen atoms in total. The van der Waals surface area contributed by atoms with Gasteiger partial charge in [0.05, 0.1) is 11.0 Å². The zero-order valence-electron chi connectivity index (χ0n) is 9.17. The third-order valence-electron chi connectivity index (χ3n) is 3.25. The second-order valence-corrected chi connectivity index (χ2v) is 4.22. The molecule has 0 saturated heterocycles. The van der Waals surface area contributed by atoms with E-state index < -0.39 is 0 Å². The van der Waals surface area contributed by atoms with Gasteiger partial charge in [-0.2, -0.15) is 0 Å². The van der Waals surface area contributed by atoms with Gasteiger partial charge in [-0.1, -0.05) is 24.3 Å². The average Bonchev–Trinajstić information content (AvgIpc) is 2.78. The van der Waals surface area contributed by atoms with E-state index in [1.54, 1.807) is 0 Å². The molecule has 0 aliphatic carbocycles. The highest BCUT2D eigenvalue weighted by molar-refractivity contribution is 6.11. The molecule has 2 heteroatoms. The Labute approximate surface area is 98.1 Å². The van der Waals surface area contributed by atoms with Gasteiger partial charge < -0.3 is 4.40 Å². The zero-order chi connectivity index (χ0) is 11.2. The van der Waals surface area contributed by atoms with Crippen LogP contribution in [0.3, 0.4) is 0 Å². The summed E-state index contributed by atoms with van der Waals surface area (Å²) < 4.78 is 2.15. The summed E-state index contributed by atoms with van der Waals surface area (Å²) in [5.74, 6) is 0. The molecule has 0 amide bonds. The van der Waals surface area contributed by atoms with Crippen LogP contribution in [-0.2, 0) is 0 Å². The van der Waals surface area contributed by atoms with Gasteiger partial charge in [-0.3, -0.25) is 4.98 Å². The van der Waals surface area contributed by atoms with Crippen LogP contribution in [0.1, 0.15) is 0 Å². The molecular formula is C15H10N2. The summed E-state index contributed by atoms with van der Waals surface area (Å²) in [6.07, 6.45) is 6.08. The van der Waals surface area contributed by atoms with Crippen molar-refractivity contribution in [3.8, 4) is 0 Å². The van der Waals surface area contributed by atoms with E-state index >= 15 is 0 Å². The maximum absolute atomic E-state index is 4.49. The van der Waals surface area contributed by atoms with Gasteiger partial charge in [-0.05, 0) is 18.2 Å².